The molecule has 0 saturated heterocycles. The molecule has 0 radical (unpaired) electrons. The van der Waals surface area contributed by atoms with E-state index < -0.39 is 12.0 Å². The molecule has 2 unspecified atom stereocenters. The number of nitrogens with one attached hydrogen (secondary N) is 1. The van der Waals surface area contributed by atoms with Gasteiger partial charge in [-0.3, -0.25) is 9.59 Å². The first-order chi connectivity index (χ1) is 9.54. The lowest BCUT2D eigenvalue weighted by atomic mass is 9.95. The number of esters is 1. The van der Waals surface area contributed by atoms with Crippen LogP contribution in [0, 0.1) is 0 Å². The van der Waals surface area contributed by atoms with Gasteiger partial charge < -0.3 is 15.8 Å². The number of hydrogen-bond donors (Lipinski definition) is 2. The zero-order valence-electron chi connectivity index (χ0n) is 12.4. The highest BCUT2D eigenvalue weighted by Crippen LogP contribution is 2.19. The van der Waals surface area contributed by atoms with E-state index in [1.54, 1.807) is 6.92 Å². The van der Waals surface area contributed by atoms with Gasteiger partial charge in [-0.25, -0.2) is 0 Å². The van der Waals surface area contributed by atoms with Gasteiger partial charge in [-0.2, -0.15) is 0 Å². The van der Waals surface area contributed by atoms with Crippen LogP contribution in [0.4, 0.5) is 0 Å². The molecule has 0 heterocycles. The van der Waals surface area contributed by atoms with E-state index in [1.807, 2.05) is 6.92 Å². The third kappa shape index (κ3) is 6.13. The maximum atomic E-state index is 12.0. The van der Waals surface area contributed by atoms with Crippen LogP contribution in [0.5, 0.6) is 0 Å². The summed E-state index contributed by atoms with van der Waals surface area (Å²) in [6.45, 7) is 3.92. The summed E-state index contributed by atoms with van der Waals surface area (Å²) in [6, 6.07) is -0.345. The standard InChI is InChI=1S/C14H26N2O3S/c1-3-19-14(18)12(15)9-20-10(2)13(17)16-11-7-5-4-6-8-11/h10-12H,3-9,15H2,1-2H3,(H,16,17). The van der Waals surface area contributed by atoms with E-state index in [0.29, 0.717) is 18.4 Å². The highest BCUT2D eigenvalue weighted by Gasteiger charge is 2.22. The van der Waals surface area contributed by atoms with Gasteiger partial charge in [0, 0.05) is 11.8 Å². The maximum absolute atomic E-state index is 12.0. The van der Waals surface area contributed by atoms with Crippen LogP contribution in [0.25, 0.3) is 0 Å². The first-order valence-corrected chi connectivity index (χ1v) is 8.43. The van der Waals surface area contributed by atoms with Gasteiger partial charge >= 0.3 is 5.97 Å². The van der Waals surface area contributed by atoms with Crippen molar-refractivity contribution in [1.29, 1.82) is 0 Å². The van der Waals surface area contributed by atoms with Crippen LogP contribution in [0.15, 0.2) is 0 Å². The van der Waals surface area contributed by atoms with Gasteiger partial charge in [0.2, 0.25) is 5.91 Å². The third-order valence-electron chi connectivity index (χ3n) is 3.44. The van der Waals surface area contributed by atoms with Gasteiger partial charge in [0.1, 0.15) is 6.04 Å². The topological polar surface area (TPSA) is 81.4 Å². The van der Waals surface area contributed by atoms with Crippen molar-refractivity contribution >= 4 is 23.6 Å². The molecule has 116 valence electrons. The molecule has 0 aliphatic heterocycles. The monoisotopic (exact) mass is 302 g/mol. The van der Waals surface area contributed by atoms with Crippen molar-refractivity contribution < 1.29 is 14.3 Å². The lowest BCUT2D eigenvalue weighted by molar-refractivity contribution is -0.144. The largest absolute Gasteiger partial charge is 0.465 e. The van der Waals surface area contributed by atoms with Gasteiger partial charge in [0.15, 0.2) is 0 Å². The highest BCUT2D eigenvalue weighted by atomic mass is 32.2. The Bertz CT molecular complexity index is 320. The second kappa shape index (κ2) is 9.23. The molecule has 0 spiro atoms. The Morgan fingerprint density at radius 2 is 2.00 bits per heavy atom. The quantitative estimate of drug-likeness (QED) is 0.696. The Labute approximate surface area is 125 Å². The van der Waals surface area contributed by atoms with Crippen LogP contribution in [0.2, 0.25) is 0 Å². The van der Waals surface area contributed by atoms with Crippen molar-refractivity contribution in [3.8, 4) is 0 Å². The molecule has 0 aromatic heterocycles. The predicted octanol–water partition coefficient (Wildman–Crippen LogP) is 1.45. The summed E-state index contributed by atoms with van der Waals surface area (Å²) in [6.07, 6.45) is 5.81. The van der Waals surface area contributed by atoms with E-state index in [1.165, 1.54) is 31.0 Å². The third-order valence-corrected chi connectivity index (χ3v) is 4.70. The minimum absolute atomic E-state index is 0.0398. The smallest absolute Gasteiger partial charge is 0.323 e. The van der Waals surface area contributed by atoms with E-state index in [9.17, 15) is 9.59 Å². The molecule has 20 heavy (non-hydrogen) atoms. The molecule has 1 amide bonds. The average Bonchev–Trinajstić information content (AvgIpc) is 2.45. The minimum Gasteiger partial charge on any atom is -0.465 e. The number of hydrogen-bond acceptors (Lipinski definition) is 5. The van der Waals surface area contributed by atoms with E-state index >= 15 is 0 Å². The Balaban J connectivity index is 2.25. The summed E-state index contributed by atoms with van der Waals surface area (Å²) < 4.78 is 4.84. The van der Waals surface area contributed by atoms with Crippen molar-refractivity contribution in [1.82, 2.24) is 5.32 Å². The summed E-state index contributed by atoms with van der Waals surface area (Å²) in [4.78, 5) is 23.4. The Hall–Kier alpha value is -0.750. The van der Waals surface area contributed by atoms with Crippen LogP contribution in [0.3, 0.4) is 0 Å². The van der Waals surface area contributed by atoms with Gasteiger partial charge in [0.25, 0.3) is 0 Å². The second-order valence-electron chi connectivity index (χ2n) is 5.18. The van der Waals surface area contributed by atoms with Crippen molar-refractivity contribution in [2.75, 3.05) is 12.4 Å². The van der Waals surface area contributed by atoms with Gasteiger partial charge in [-0.15, -0.1) is 11.8 Å². The predicted molar refractivity (Wildman–Crippen MR) is 81.5 cm³/mol. The number of thioether (sulfide) groups is 1. The second-order valence-corrected chi connectivity index (χ2v) is 6.55. The fourth-order valence-corrected chi connectivity index (χ4v) is 3.06. The minimum atomic E-state index is -0.662. The van der Waals surface area contributed by atoms with E-state index in [2.05, 4.69) is 5.32 Å². The fourth-order valence-electron chi connectivity index (χ4n) is 2.21. The van der Waals surface area contributed by atoms with E-state index in [0.717, 1.165) is 12.8 Å². The van der Waals surface area contributed by atoms with Gasteiger partial charge in [-0.05, 0) is 26.7 Å². The van der Waals surface area contributed by atoms with Crippen molar-refractivity contribution in [2.45, 2.75) is 63.3 Å². The maximum Gasteiger partial charge on any atom is 0.323 e. The number of nitrogens with two attached hydrogens (primary N) is 1. The molecule has 1 fully saturated rings. The van der Waals surface area contributed by atoms with Crippen LogP contribution in [-0.2, 0) is 14.3 Å². The van der Waals surface area contributed by atoms with Crippen LogP contribution in [0.1, 0.15) is 46.0 Å². The molecule has 5 nitrogen and oxygen atoms in total. The molecule has 1 rings (SSSR count). The van der Waals surface area contributed by atoms with Crippen molar-refractivity contribution in [3.05, 3.63) is 0 Å². The molecule has 1 aliphatic carbocycles. The lowest BCUT2D eigenvalue weighted by Crippen LogP contribution is -2.41. The summed E-state index contributed by atoms with van der Waals surface area (Å²) in [5, 5.41) is 2.88. The van der Waals surface area contributed by atoms with Crippen LogP contribution < -0.4 is 11.1 Å². The number of amides is 1. The Kier molecular flexibility index (Phi) is 7.99. The molecule has 1 saturated carbocycles. The summed E-state index contributed by atoms with van der Waals surface area (Å²) in [5.74, 6) is 0.0378. The molecule has 3 N–H and O–H groups in total. The summed E-state index contributed by atoms with van der Waals surface area (Å²) >= 11 is 1.40. The number of carbonyl (C=O) groups is 2. The molecule has 0 aromatic rings. The first kappa shape index (κ1) is 17.3. The van der Waals surface area contributed by atoms with Crippen LogP contribution >= 0.6 is 11.8 Å². The molecule has 6 heteroatoms. The molecular weight excluding hydrogens is 276 g/mol. The van der Waals surface area contributed by atoms with Gasteiger partial charge in [0.05, 0.1) is 11.9 Å². The number of carbonyl (C=O) groups excluding carboxylic acids is 2. The molecule has 1 aliphatic rings. The van der Waals surface area contributed by atoms with E-state index in [-0.39, 0.29) is 11.2 Å². The normalized spacial score (nSPS) is 19.1. The fraction of sp³-hybridized carbons (Fsp3) is 0.857. The molecule has 0 bridgehead atoms. The first-order valence-electron chi connectivity index (χ1n) is 7.38. The average molecular weight is 302 g/mol. The van der Waals surface area contributed by atoms with Crippen molar-refractivity contribution in [3.63, 3.8) is 0 Å². The Morgan fingerprint density at radius 3 is 2.60 bits per heavy atom. The number of ether oxygens (including phenoxy) is 1. The number of rotatable bonds is 7. The lowest BCUT2D eigenvalue weighted by Gasteiger charge is -2.24. The summed E-state index contributed by atoms with van der Waals surface area (Å²) in [7, 11) is 0. The summed E-state index contributed by atoms with van der Waals surface area (Å²) in [5.41, 5.74) is 5.71. The molecular formula is C14H26N2O3S. The van der Waals surface area contributed by atoms with Crippen molar-refractivity contribution in [2.24, 2.45) is 5.73 Å². The Morgan fingerprint density at radius 1 is 1.35 bits per heavy atom. The SMILES string of the molecule is CCOC(=O)C(N)CSC(C)C(=O)NC1CCCCC1. The van der Waals surface area contributed by atoms with Gasteiger partial charge in [-0.1, -0.05) is 19.3 Å². The van der Waals surface area contributed by atoms with E-state index in [4.69, 9.17) is 10.5 Å². The zero-order valence-corrected chi connectivity index (χ0v) is 13.2. The molecule has 0 aromatic carbocycles. The highest BCUT2D eigenvalue weighted by molar-refractivity contribution is 8.00. The zero-order chi connectivity index (χ0) is 15.0. The molecule has 2 atom stereocenters. The van der Waals surface area contributed by atoms with Crippen LogP contribution in [-0.4, -0.2) is 41.6 Å².